The minimum absolute atomic E-state index is 0.0186. The van der Waals surface area contributed by atoms with Gasteiger partial charge in [0.05, 0.1) is 11.4 Å². The van der Waals surface area contributed by atoms with Crippen LogP contribution in [0, 0.1) is 13.8 Å². The predicted octanol–water partition coefficient (Wildman–Crippen LogP) is 0.718. The maximum Gasteiger partial charge on any atom is 0.330 e. The van der Waals surface area contributed by atoms with Crippen molar-refractivity contribution in [3.05, 3.63) is 43.4 Å². The van der Waals surface area contributed by atoms with Gasteiger partial charge in [-0.1, -0.05) is 5.16 Å². The molecule has 0 saturated heterocycles. The summed E-state index contributed by atoms with van der Waals surface area (Å²) >= 11 is 1.29. The van der Waals surface area contributed by atoms with Crippen LogP contribution in [0.1, 0.15) is 46.3 Å². The van der Waals surface area contributed by atoms with Gasteiger partial charge in [-0.05, 0) is 26.7 Å². The normalized spacial score (nSPS) is 13.5. The number of carbonyl (C=O) groups is 2. The lowest BCUT2D eigenvalue weighted by Crippen LogP contribution is -2.36. The van der Waals surface area contributed by atoms with E-state index in [1.807, 2.05) is 6.92 Å². The summed E-state index contributed by atoms with van der Waals surface area (Å²) in [5.74, 6) is -0.319. The van der Waals surface area contributed by atoms with Crippen LogP contribution in [0.5, 0.6) is 0 Å². The molecular weight excluding hydrogens is 388 g/mol. The summed E-state index contributed by atoms with van der Waals surface area (Å²) in [4.78, 5) is 50.1. The first kappa shape index (κ1) is 19.9. The third-order valence-corrected chi connectivity index (χ3v) is 5.32. The van der Waals surface area contributed by atoms with Gasteiger partial charge in [-0.25, -0.2) is 4.79 Å². The SMILES string of the molecule is Cc1noc(C)c1CSCC(=O)OCC(=O)c1c(N)n(C2CC2)c(=O)[nH]c1=O. The van der Waals surface area contributed by atoms with Gasteiger partial charge in [0.25, 0.3) is 5.56 Å². The van der Waals surface area contributed by atoms with Gasteiger partial charge in [-0.15, -0.1) is 11.8 Å². The fourth-order valence-electron chi connectivity index (χ4n) is 2.73. The monoisotopic (exact) mass is 408 g/mol. The zero-order valence-electron chi connectivity index (χ0n) is 15.4. The molecule has 10 nitrogen and oxygen atoms in total. The summed E-state index contributed by atoms with van der Waals surface area (Å²) in [5, 5.41) is 3.84. The topological polar surface area (TPSA) is 150 Å². The lowest BCUT2D eigenvalue weighted by Gasteiger charge is -2.11. The van der Waals surface area contributed by atoms with Crippen molar-refractivity contribution in [3.63, 3.8) is 0 Å². The summed E-state index contributed by atoms with van der Waals surface area (Å²) in [6.45, 7) is 2.98. The molecule has 0 radical (unpaired) electrons. The van der Waals surface area contributed by atoms with Gasteiger partial charge >= 0.3 is 11.7 Å². The van der Waals surface area contributed by atoms with Crippen molar-refractivity contribution in [1.82, 2.24) is 14.7 Å². The number of nitrogens with zero attached hydrogens (tertiary/aromatic N) is 2. The van der Waals surface area contributed by atoms with Gasteiger partial charge in [0.15, 0.2) is 6.61 Å². The van der Waals surface area contributed by atoms with Crippen LogP contribution in [0.25, 0.3) is 0 Å². The molecule has 0 amide bonds. The number of nitrogens with two attached hydrogens (primary N) is 1. The smallest absolute Gasteiger partial charge is 0.330 e. The lowest BCUT2D eigenvalue weighted by molar-refractivity contribution is -0.139. The number of thioether (sulfide) groups is 1. The average molecular weight is 408 g/mol. The van der Waals surface area contributed by atoms with E-state index in [1.165, 1.54) is 16.3 Å². The molecule has 1 fully saturated rings. The zero-order valence-corrected chi connectivity index (χ0v) is 16.3. The molecular formula is C17H20N4O6S. The summed E-state index contributed by atoms with van der Waals surface area (Å²) < 4.78 is 11.2. The lowest BCUT2D eigenvalue weighted by atomic mass is 10.2. The molecule has 1 aliphatic carbocycles. The Morgan fingerprint density at radius 2 is 2.07 bits per heavy atom. The van der Waals surface area contributed by atoms with Crippen LogP contribution >= 0.6 is 11.8 Å². The van der Waals surface area contributed by atoms with Crippen LogP contribution in [-0.4, -0.2) is 38.8 Å². The van der Waals surface area contributed by atoms with E-state index >= 15 is 0 Å². The fourth-order valence-corrected chi connectivity index (χ4v) is 3.70. The van der Waals surface area contributed by atoms with Crippen LogP contribution in [0.3, 0.4) is 0 Å². The number of nitrogens with one attached hydrogen (secondary N) is 1. The maximum atomic E-state index is 12.3. The summed E-state index contributed by atoms with van der Waals surface area (Å²) in [7, 11) is 0. The van der Waals surface area contributed by atoms with Gasteiger partial charge in [0.2, 0.25) is 5.78 Å². The molecule has 0 unspecified atom stereocenters. The van der Waals surface area contributed by atoms with E-state index in [0.717, 1.165) is 24.1 Å². The molecule has 3 N–H and O–H groups in total. The Kier molecular flexibility index (Phi) is 5.73. The molecule has 0 atom stereocenters. The van der Waals surface area contributed by atoms with Gasteiger partial charge in [0, 0.05) is 17.4 Å². The molecule has 150 valence electrons. The largest absolute Gasteiger partial charge is 0.457 e. The van der Waals surface area contributed by atoms with E-state index in [-0.39, 0.29) is 23.2 Å². The Balaban J connectivity index is 1.57. The number of hydrogen-bond acceptors (Lipinski definition) is 9. The Labute approximate surface area is 163 Å². The van der Waals surface area contributed by atoms with Gasteiger partial charge in [-0.3, -0.25) is 23.9 Å². The first-order chi connectivity index (χ1) is 13.3. The second-order valence-electron chi connectivity index (χ2n) is 6.50. The number of Topliss-reactive ketones (excluding diaryl/α,β-unsaturated/α-hetero) is 1. The van der Waals surface area contributed by atoms with Crippen molar-refractivity contribution in [2.75, 3.05) is 18.1 Å². The second kappa shape index (κ2) is 8.05. The summed E-state index contributed by atoms with van der Waals surface area (Å²) in [6.07, 6.45) is 1.50. The highest BCUT2D eigenvalue weighted by atomic mass is 32.2. The van der Waals surface area contributed by atoms with Crippen LogP contribution < -0.4 is 17.0 Å². The number of ketones is 1. The zero-order chi connectivity index (χ0) is 20.4. The molecule has 28 heavy (non-hydrogen) atoms. The van der Waals surface area contributed by atoms with E-state index < -0.39 is 29.6 Å². The number of ether oxygens (including phenoxy) is 1. The summed E-state index contributed by atoms with van der Waals surface area (Å²) in [5.41, 5.74) is 5.65. The van der Waals surface area contributed by atoms with E-state index in [9.17, 15) is 19.2 Å². The molecule has 2 heterocycles. The Morgan fingerprint density at radius 1 is 1.36 bits per heavy atom. The quantitative estimate of drug-likeness (QED) is 0.475. The molecule has 1 saturated carbocycles. The molecule has 2 aromatic heterocycles. The number of esters is 1. The predicted molar refractivity (Wildman–Crippen MR) is 101 cm³/mol. The second-order valence-corrected chi connectivity index (χ2v) is 7.49. The number of nitrogen functional groups attached to an aromatic ring is 1. The van der Waals surface area contributed by atoms with E-state index in [4.69, 9.17) is 15.0 Å². The Bertz CT molecular complexity index is 1010. The molecule has 0 aromatic carbocycles. The van der Waals surface area contributed by atoms with Crippen molar-refractivity contribution >= 4 is 29.3 Å². The van der Waals surface area contributed by atoms with Crippen molar-refractivity contribution < 1.29 is 18.8 Å². The number of aryl methyl sites for hydroxylation is 2. The van der Waals surface area contributed by atoms with Crippen molar-refractivity contribution in [3.8, 4) is 0 Å². The third-order valence-electron chi connectivity index (χ3n) is 4.38. The standard InChI is InChI=1S/C17H20N4O6S/c1-8-11(9(2)27-20-8)6-28-7-13(23)26-5-12(22)14-15(18)21(10-3-4-10)17(25)19-16(14)24/h10H,3-7,18H2,1-2H3,(H,19,24,25). The van der Waals surface area contributed by atoms with Crippen LogP contribution in [-0.2, 0) is 15.3 Å². The first-order valence-corrected chi connectivity index (χ1v) is 9.77. The van der Waals surface area contributed by atoms with Crippen molar-refractivity contribution in [2.24, 2.45) is 0 Å². The minimum atomic E-state index is -0.881. The van der Waals surface area contributed by atoms with E-state index in [1.54, 1.807) is 6.92 Å². The minimum Gasteiger partial charge on any atom is -0.457 e. The van der Waals surface area contributed by atoms with Crippen molar-refractivity contribution in [1.29, 1.82) is 0 Å². The van der Waals surface area contributed by atoms with Gasteiger partial charge in [0.1, 0.15) is 17.1 Å². The maximum absolute atomic E-state index is 12.3. The molecule has 2 aromatic rings. The highest BCUT2D eigenvalue weighted by Crippen LogP contribution is 2.35. The van der Waals surface area contributed by atoms with Crippen LogP contribution in [0.2, 0.25) is 0 Å². The molecule has 11 heteroatoms. The van der Waals surface area contributed by atoms with E-state index in [0.29, 0.717) is 11.5 Å². The molecule has 0 aliphatic heterocycles. The average Bonchev–Trinajstić information content (AvgIpc) is 3.40. The van der Waals surface area contributed by atoms with Crippen LogP contribution in [0.4, 0.5) is 5.82 Å². The van der Waals surface area contributed by atoms with E-state index in [2.05, 4.69) is 10.1 Å². The molecule has 0 spiro atoms. The third kappa shape index (κ3) is 4.19. The number of H-pyrrole nitrogens is 1. The Hall–Kier alpha value is -2.82. The molecule has 3 rings (SSSR count). The van der Waals surface area contributed by atoms with Gasteiger partial charge in [-0.2, -0.15) is 0 Å². The number of rotatable bonds is 8. The number of anilines is 1. The van der Waals surface area contributed by atoms with Crippen molar-refractivity contribution in [2.45, 2.75) is 38.5 Å². The number of hydrogen-bond donors (Lipinski definition) is 2. The number of aromatic amines is 1. The Morgan fingerprint density at radius 3 is 2.68 bits per heavy atom. The highest BCUT2D eigenvalue weighted by molar-refractivity contribution is 7.99. The summed E-state index contributed by atoms with van der Waals surface area (Å²) in [6, 6.07) is -0.112. The first-order valence-electron chi connectivity index (χ1n) is 8.62. The number of aromatic nitrogens is 3. The fraction of sp³-hybridized carbons (Fsp3) is 0.471. The van der Waals surface area contributed by atoms with Gasteiger partial charge < -0.3 is 15.0 Å². The number of carbonyl (C=O) groups excluding carboxylic acids is 2. The molecule has 1 aliphatic rings. The highest BCUT2D eigenvalue weighted by Gasteiger charge is 2.30. The van der Waals surface area contributed by atoms with Crippen LogP contribution in [0.15, 0.2) is 14.1 Å². The molecule has 0 bridgehead atoms.